The lowest BCUT2D eigenvalue weighted by molar-refractivity contribution is 0.399. The first-order valence-corrected chi connectivity index (χ1v) is 4.83. The molecule has 14 heavy (non-hydrogen) atoms. The number of pyridine rings is 1. The van der Waals surface area contributed by atoms with Gasteiger partial charge in [-0.1, -0.05) is 0 Å². The smallest absolute Gasteiger partial charge is 0.240 e. The van der Waals surface area contributed by atoms with Gasteiger partial charge in [-0.2, -0.15) is 4.98 Å². The molecule has 0 atom stereocenters. The SMILES string of the molecule is COc1nc(N2CCCC2)ccc1[NH]. The Bertz CT molecular complexity index is 321. The molecule has 0 amide bonds. The second-order valence-corrected chi connectivity index (χ2v) is 3.42. The van der Waals surface area contributed by atoms with Crippen molar-refractivity contribution in [2.45, 2.75) is 12.8 Å². The van der Waals surface area contributed by atoms with E-state index in [1.54, 1.807) is 13.2 Å². The van der Waals surface area contributed by atoms with Gasteiger partial charge in [0.1, 0.15) is 11.5 Å². The minimum Gasteiger partial charge on any atom is -0.479 e. The molecule has 4 heteroatoms. The van der Waals surface area contributed by atoms with E-state index < -0.39 is 0 Å². The van der Waals surface area contributed by atoms with Crippen LogP contribution in [0.1, 0.15) is 12.8 Å². The van der Waals surface area contributed by atoms with Crippen molar-refractivity contribution in [3.63, 3.8) is 0 Å². The largest absolute Gasteiger partial charge is 0.479 e. The van der Waals surface area contributed by atoms with Gasteiger partial charge in [-0.3, -0.25) is 5.73 Å². The number of nitrogens with one attached hydrogen (secondary N) is 1. The number of hydrogen-bond acceptors (Lipinski definition) is 3. The molecule has 1 aromatic heterocycles. The van der Waals surface area contributed by atoms with Crippen molar-refractivity contribution in [1.29, 1.82) is 0 Å². The maximum Gasteiger partial charge on any atom is 0.240 e. The van der Waals surface area contributed by atoms with Gasteiger partial charge in [-0.25, -0.2) is 0 Å². The van der Waals surface area contributed by atoms with Gasteiger partial charge < -0.3 is 9.64 Å². The highest BCUT2D eigenvalue weighted by Crippen LogP contribution is 2.25. The first-order valence-electron chi connectivity index (χ1n) is 4.83. The predicted octanol–water partition coefficient (Wildman–Crippen LogP) is 1.60. The van der Waals surface area contributed by atoms with Crippen molar-refractivity contribution in [3.05, 3.63) is 12.1 Å². The van der Waals surface area contributed by atoms with Crippen molar-refractivity contribution < 1.29 is 4.74 Å². The summed E-state index contributed by atoms with van der Waals surface area (Å²) in [6, 6.07) is 3.62. The molecule has 1 fully saturated rings. The van der Waals surface area contributed by atoms with Crippen molar-refractivity contribution in [2.24, 2.45) is 0 Å². The topological polar surface area (TPSA) is 49.2 Å². The third kappa shape index (κ3) is 1.60. The standard InChI is InChI=1S/C10H14N3O/c1-14-10-8(11)4-5-9(12-10)13-6-2-3-7-13/h4-5,11H,2-3,6-7H2,1H3. The van der Waals surface area contributed by atoms with Crippen molar-refractivity contribution in [2.75, 3.05) is 25.1 Å². The summed E-state index contributed by atoms with van der Waals surface area (Å²) < 4.78 is 5.02. The molecule has 1 aliphatic heterocycles. The predicted molar refractivity (Wildman–Crippen MR) is 55.0 cm³/mol. The summed E-state index contributed by atoms with van der Waals surface area (Å²) in [4.78, 5) is 6.51. The molecule has 0 aromatic carbocycles. The fourth-order valence-corrected chi connectivity index (χ4v) is 1.71. The summed E-state index contributed by atoms with van der Waals surface area (Å²) in [6.07, 6.45) is 2.46. The summed E-state index contributed by atoms with van der Waals surface area (Å²) in [6.45, 7) is 2.13. The van der Waals surface area contributed by atoms with E-state index in [1.165, 1.54) is 12.8 Å². The molecule has 0 saturated carbocycles. The van der Waals surface area contributed by atoms with Gasteiger partial charge in [-0.05, 0) is 25.0 Å². The molecule has 1 aliphatic rings. The van der Waals surface area contributed by atoms with E-state index in [-0.39, 0.29) is 0 Å². The lowest BCUT2D eigenvalue weighted by Gasteiger charge is -2.16. The van der Waals surface area contributed by atoms with Crippen LogP contribution in [0.3, 0.4) is 0 Å². The number of hydrogen-bond donors (Lipinski definition) is 0. The van der Waals surface area contributed by atoms with Crippen LogP contribution in [-0.2, 0) is 0 Å². The maximum atomic E-state index is 7.53. The average molecular weight is 192 g/mol. The zero-order valence-corrected chi connectivity index (χ0v) is 8.29. The number of nitrogens with zero attached hydrogens (tertiary/aromatic N) is 2. The number of rotatable bonds is 2. The van der Waals surface area contributed by atoms with Gasteiger partial charge >= 0.3 is 0 Å². The third-order valence-corrected chi connectivity index (χ3v) is 2.47. The van der Waals surface area contributed by atoms with Crippen LogP contribution in [-0.4, -0.2) is 25.2 Å². The van der Waals surface area contributed by atoms with E-state index in [1.807, 2.05) is 6.07 Å². The molecule has 2 rings (SSSR count). The number of anilines is 1. The highest BCUT2D eigenvalue weighted by molar-refractivity contribution is 5.52. The number of ether oxygens (including phenoxy) is 1. The van der Waals surface area contributed by atoms with Gasteiger partial charge in [0.2, 0.25) is 5.88 Å². The molecule has 1 aromatic rings. The van der Waals surface area contributed by atoms with Gasteiger partial charge in [0.25, 0.3) is 0 Å². The Labute approximate surface area is 83.7 Å². The van der Waals surface area contributed by atoms with E-state index in [4.69, 9.17) is 10.5 Å². The Balaban J connectivity index is 2.25. The van der Waals surface area contributed by atoms with E-state index in [2.05, 4.69) is 9.88 Å². The third-order valence-electron chi connectivity index (χ3n) is 2.47. The van der Waals surface area contributed by atoms with E-state index in [0.29, 0.717) is 11.6 Å². The molecule has 4 nitrogen and oxygen atoms in total. The molecule has 0 bridgehead atoms. The summed E-state index contributed by atoms with van der Waals surface area (Å²) in [5.74, 6) is 1.34. The first kappa shape index (κ1) is 9.12. The quantitative estimate of drug-likeness (QED) is 0.715. The normalized spacial score (nSPS) is 15.9. The molecule has 1 saturated heterocycles. The molecule has 1 N–H and O–H groups in total. The summed E-state index contributed by atoms with van der Waals surface area (Å²) in [5, 5.41) is 0. The zero-order chi connectivity index (χ0) is 9.97. The van der Waals surface area contributed by atoms with E-state index in [9.17, 15) is 0 Å². The second-order valence-electron chi connectivity index (χ2n) is 3.42. The van der Waals surface area contributed by atoms with Gasteiger partial charge in [0.05, 0.1) is 7.11 Å². The number of methoxy groups -OCH3 is 1. The molecule has 75 valence electrons. The summed E-state index contributed by atoms with van der Waals surface area (Å²) in [5.41, 5.74) is 7.88. The first-order chi connectivity index (χ1) is 6.81. The molecular formula is C10H14N3O. The Morgan fingerprint density at radius 2 is 2.07 bits per heavy atom. The lowest BCUT2D eigenvalue weighted by atomic mass is 10.4. The van der Waals surface area contributed by atoms with Crippen molar-refractivity contribution in [1.82, 2.24) is 10.7 Å². The van der Waals surface area contributed by atoms with Crippen LogP contribution in [0, 0.1) is 0 Å². The fraction of sp³-hybridized carbons (Fsp3) is 0.500. The van der Waals surface area contributed by atoms with Crippen molar-refractivity contribution in [3.8, 4) is 5.88 Å². The van der Waals surface area contributed by atoms with Crippen LogP contribution in [0.2, 0.25) is 0 Å². The minimum absolute atomic E-state index is 0.343. The maximum absolute atomic E-state index is 7.53. The second kappa shape index (κ2) is 3.74. The van der Waals surface area contributed by atoms with Gasteiger partial charge in [0, 0.05) is 13.1 Å². The minimum atomic E-state index is 0.343. The Hall–Kier alpha value is -1.45. The van der Waals surface area contributed by atoms with Crippen LogP contribution in [0.25, 0.3) is 0 Å². The van der Waals surface area contributed by atoms with Gasteiger partial charge in [0.15, 0.2) is 0 Å². The Morgan fingerprint density at radius 3 is 2.71 bits per heavy atom. The lowest BCUT2D eigenvalue weighted by Crippen LogP contribution is -2.18. The zero-order valence-electron chi connectivity index (χ0n) is 8.29. The highest BCUT2D eigenvalue weighted by atomic mass is 16.5. The summed E-state index contributed by atoms with van der Waals surface area (Å²) in [7, 11) is 1.55. The fourth-order valence-electron chi connectivity index (χ4n) is 1.71. The Kier molecular flexibility index (Phi) is 2.43. The highest BCUT2D eigenvalue weighted by Gasteiger charge is 2.14. The van der Waals surface area contributed by atoms with Crippen LogP contribution in [0.5, 0.6) is 5.88 Å². The van der Waals surface area contributed by atoms with E-state index >= 15 is 0 Å². The molecule has 1 radical (unpaired) electrons. The molecule has 2 heterocycles. The number of aromatic nitrogens is 1. The van der Waals surface area contributed by atoms with E-state index in [0.717, 1.165) is 18.9 Å². The Morgan fingerprint density at radius 1 is 1.36 bits per heavy atom. The van der Waals surface area contributed by atoms with Crippen LogP contribution >= 0.6 is 0 Å². The molecule has 0 unspecified atom stereocenters. The average Bonchev–Trinajstić information content (AvgIpc) is 2.71. The molecule has 0 spiro atoms. The van der Waals surface area contributed by atoms with Crippen molar-refractivity contribution >= 4 is 11.5 Å². The molecular weight excluding hydrogens is 178 g/mol. The monoisotopic (exact) mass is 192 g/mol. The van der Waals surface area contributed by atoms with Crippen LogP contribution < -0.4 is 15.4 Å². The van der Waals surface area contributed by atoms with Crippen LogP contribution in [0.15, 0.2) is 12.1 Å². The summed E-state index contributed by atoms with van der Waals surface area (Å²) >= 11 is 0. The van der Waals surface area contributed by atoms with Crippen LogP contribution in [0.4, 0.5) is 11.5 Å². The molecule has 0 aliphatic carbocycles. The van der Waals surface area contributed by atoms with Gasteiger partial charge in [-0.15, -0.1) is 0 Å².